The summed E-state index contributed by atoms with van der Waals surface area (Å²) in [7, 11) is 0. The first kappa shape index (κ1) is 25.4. The van der Waals surface area contributed by atoms with Crippen LogP contribution in [-0.4, -0.2) is 18.4 Å². The van der Waals surface area contributed by atoms with E-state index in [2.05, 4.69) is 10.6 Å². The molecule has 5 nitrogen and oxygen atoms in total. The molecule has 0 spiro atoms. The molecule has 182 valence electrons. The molecule has 0 aliphatic heterocycles. The van der Waals surface area contributed by atoms with Crippen LogP contribution in [0.2, 0.25) is 5.02 Å². The van der Waals surface area contributed by atoms with E-state index in [1.807, 2.05) is 85.8 Å². The van der Waals surface area contributed by atoms with Crippen LogP contribution in [-0.2, 0) is 4.79 Å². The van der Waals surface area contributed by atoms with E-state index < -0.39 is 5.25 Å². The topological polar surface area (TPSA) is 67.4 Å². The van der Waals surface area contributed by atoms with Gasteiger partial charge in [0.2, 0.25) is 5.91 Å². The number of hydrogen-bond acceptors (Lipinski definition) is 4. The first-order valence-electron chi connectivity index (χ1n) is 11.4. The summed E-state index contributed by atoms with van der Waals surface area (Å²) in [4.78, 5) is 26.9. The maximum Gasteiger partial charge on any atom is 0.255 e. The third kappa shape index (κ3) is 6.90. The molecule has 0 aliphatic rings. The minimum absolute atomic E-state index is 0.149. The Bertz CT molecular complexity index is 1330. The van der Waals surface area contributed by atoms with E-state index in [1.165, 1.54) is 11.8 Å². The van der Waals surface area contributed by atoms with Gasteiger partial charge in [-0.2, -0.15) is 0 Å². The first-order chi connectivity index (χ1) is 17.5. The number of hydrogen-bond donors (Lipinski definition) is 2. The zero-order chi connectivity index (χ0) is 25.3. The van der Waals surface area contributed by atoms with Crippen molar-refractivity contribution in [1.29, 1.82) is 0 Å². The second kappa shape index (κ2) is 12.3. The van der Waals surface area contributed by atoms with Crippen LogP contribution in [0, 0.1) is 0 Å². The number of ether oxygens (including phenoxy) is 1. The Morgan fingerprint density at radius 3 is 2.31 bits per heavy atom. The lowest BCUT2D eigenvalue weighted by Gasteiger charge is -2.18. The molecular formula is C29H25ClN2O3S. The minimum Gasteiger partial charge on any atom is -0.494 e. The molecule has 4 aromatic rings. The Kier molecular flexibility index (Phi) is 8.66. The van der Waals surface area contributed by atoms with Crippen molar-refractivity contribution in [2.75, 3.05) is 17.2 Å². The highest BCUT2D eigenvalue weighted by Crippen LogP contribution is 2.37. The fourth-order valence-electron chi connectivity index (χ4n) is 3.53. The molecule has 0 saturated carbocycles. The number of carbonyl (C=O) groups is 2. The van der Waals surface area contributed by atoms with Gasteiger partial charge >= 0.3 is 0 Å². The largest absolute Gasteiger partial charge is 0.494 e. The molecule has 4 rings (SSSR count). The number of rotatable bonds is 9. The number of anilines is 2. The molecular weight excluding hydrogens is 492 g/mol. The SMILES string of the molecule is CCOc1ccc(NC(=O)C(Sc2cccc(NC(=O)c3cccc(Cl)c3)c2)c2ccccc2)cc1. The van der Waals surface area contributed by atoms with Crippen LogP contribution in [0.1, 0.15) is 28.1 Å². The highest BCUT2D eigenvalue weighted by molar-refractivity contribution is 8.00. The van der Waals surface area contributed by atoms with E-state index in [1.54, 1.807) is 24.3 Å². The van der Waals surface area contributed by atoms with Gasteiger partial charge in [0.15, 0.2) is 0 Å². The zero-order valence-electron chi connectivity index (χ0n) is 19.6. The lowest BCUT2D eigenvalue weighted by molar-refractivity contribution is -0.115. The third-order valence-corrected chi connectivity index (χ3v) is 6.69. The molecule has 36 heavy (non-hydrogen) atoms. The van der Waals surface area contributed by atoms with Gasteiger partial charge in [-0.05, 0) is 73.2 Å². The van der Waals surface area contributed by atoms with Gasteiger partial charge in [0.05, 0.1) is 6.61 Å². The van der Waals surface area contributed by atoms with Gasteiger partial charge < -0.3 is 15.4 Å². The summed E-state index contributed by atoms with van der Waals surface area (Å²) in [6, 6.07) is 31.1. The highest BCUT2D eigenvalue weighted by Gasteiger charge is 2.22. The van der Waals surface area contributed by atoms with Crippen LogP contribution < -0.4 is 15.4 Å². The van der Waals surface area contributed by atoms with Crippen molar-refractivity contribution >= 4 is 46.6 Å². The van der Waals surface area contributed by atoms with Crippen LogP contribution >= 0.6 is 23.4 Å². The van der Waals surface area contributed by atoms with E-state index in [-0.39, 0.29) is 11.8 Å². The molecule has 2 N–H and O–H groups in total. The molecule has 2 amide bonds. The second-order valence-electron chi connectivity index (χ2n) is 7.85. The smallest absolute Gasteiger partial charge is 0.255 e. The van der Waals surface area contributed by atoms with Crippen molar-refractivity contribution in [3.05, 3.63) is 119 Å². The first-order valence-corrected chi connectivity index (χ1v) is 12.7. The molecule has 1 atom stereocenters. The maximum absolute atomic E-state index is 13.4. The summed E-state index contributed by atoms with van der Waals surface area (Å²) in [5.41, 5.74) is 2.66. The predicted molar refractivity (Wildman–Crippen MR) is 147 cm³/mol. The highest BCUT2D eigenvalue weighted by atomic mass is 35.5. The van der Waals surface area contributed by atoms with E-state index in [0.717, 1.165) is 16.2 Å². The van der Waals surface area contributed by atoms with Gasteiger partial charge in [0.1, 0.15) is 11.0 Å². The summed E-state index contributed by atoms with van der Waals surface area (Å²) < 4.78 is 5.48. The van der Waals surface area contributed by atoms with Crippen LogP contribution in [0.25, 0.3) is 0 Å². The zero-order valence-corrected chi connectivity index (χ0v) is 21.2. The Morgan fingerprint density at radius 2 is 1.58 bits per heavy atom. The monoisotopic (exact) mass is 516 g/mol. The van der Waals surface area contributed by atoms with Crippen LogP contribution in [0.15, 0.2) is 108 Å². The summed E-state index contributed by atoms with van der Waals surface area (Å²) >= 11 is 7.43. The molecule has 0 heterocycles. The molecule has 0 radical (unpaired) electrons. The van der Waals surface area contributed by atoms with E-state index >= 15 is 0 Å². The third-order valence-electron chi connectivity index (χ3n) is 5.21. The Balaban J connectivity index is 1.51. The molecule has 0 bridgehead atoms. The minimum atomic E-state index is -0.503. The van der Waals surface area contributed by atoms with Crippen molar-refractivity contribution in [3.8, 4) is 5.75 Å². The van der Waals surface area contributed by atoms with Crippen molar-refractivity contribution < 1.29 is 14.3 Å². The fourth-order valence-corrected chi connectivity index (χ4v) is 4.80. The molecule has 4 aromatic carbocycles. The van der Waals surface area contributed by atoms with Gasteiger partial charge in [-0.15, -0.1) is 11.8 Å². The Morgan fingerprint density at radius 1 is 0.833 bits per heavy atom. The summed E-state index contributed by atoms with van der Waals surface area (Å²) in [5.74, 6) is 0.345. The number of nitrogens with one attached hydrogen (secondary N) is 2. The van der Waals surface area contributed by atoms with Crippen LogP contribution in [0.3, 0.4) is 0 Å². The van der Waals surface area contributed by atoms with E-state index in [0.29, 0.717) is 28.6 Å². The van der Waals surface area contributed by atoms with Crippen LogP contribution in [0.4, 0.5) is 11.4 Å². The fraction of sp³-hybridized carbons (Fsp3) is 0.103. The standard InChI is InChI=1S/C29H25ClN2O3S/c1-2-35-25-16-14-23(15-17-25)31-29(34)27(20-8-4-3-5-9-20)36-26-13-7-12-24(19-26)32-28(33)21-10-6-11-22(30)18-21/h3-19,27H,2H2,1H3,(H,31,34)(H,32,33). The predicted octanol–water partition coefficient (Wildman–Crippen LogP) is 7.46. The van der Waals surface area contributed by atoms with Gasteiger partial charge in [-0.25, -0.2) is 0 Å². The summed E-state index contributed by atoms with van der Waals surface area (Å²) in [6.45, 7) is 2.51. The number of thioether (sulfide) groups is 1. The quantitative estimate of drug-likeness (QED) is 0.226. The normalized spacial score (nSPS) is 11.4. The van der Waals surface area contributed by atoms with Gasteiger partial charge in [0.25, 0.3) is 5.91 Å². The van der Waals surface area contributed by atoms with E-state index in [9.17, 15) is 9.59 Å². The Labute approximate surface area is 219 Å². The van der Waals surface area contributed by atoms with Crippen molar-refractivity contribution in [1.82, 2.24) is 0 Å². The summed E-state index contributed by atoms with van der Waals surface area (Å²) in [5, 5.41) is 5.90. The summed E-state index contributed by atoms with van der Waals surface area (Å²) in [6.07, 6.45) is 0. The van der Waals surface area contributed by atoms with E-state index in [4.69, 9.17) is 16.3 Å². The lowest BCUT2D eigenvalue weighted by Crippen LogP contribution is -2.19. The lowest BCUT2D eigenvalue weighted by atomic mass is 10.1. The molecule has 1 unspecified atom stereocenters. The van der Waals surface area contributed by atoms with Gasteiger partial charge in [-0.3, -0.25) is 9.59 Å². The van der Waals surface area contributed by atoms with Crippen molar-refractivity contribution in [2.45, 2.75) is 17.1 Å². The average Bonchev–Trinajstić information content (AvgIpc) is 2.89. The second-order valence-corrected chi connectivity index (χ2v) is 9.46. The molecule has 0 saturated heterocycles. The van der Waals surface area contributed by atoms with Crippen molar-refractivity contribution in [2.24, 2.45) is 0 Å². The number of halogens is 1. The molecule has 0 fully saturated rings. The molecule has 0 aliphatic carbocycles. The molecule has 7 heteroatoms. The molecule has 0 aromatic heterocycles. The number of amides is 2. The Hall–Kier alpha value is -3.74. The van der Waals surface area contributed by atoms with Crippen LogP contribution in [0.5, 0.6) is 5.75 Å². The van der Waals surface area contributed by atoms with Gasteiger partial charge in [-0.1, -0.05) is 54.1 Å². The number of carbonyl (C=O) groups excluding carboxylic acids is 2. The number of benzene rings is 4. The maximum atomic E-state index is 13.4. The van der Waals surface area contributed by atoms with Gasteiger partial charge in [0, 0.05) is 26.9 Å². The van der Waals surface area contributed by atoms with Crippen molar-refractivity contribution in [3.63, 3.8) is 0 Å². The average molecular weight is 517 g/mol.